The smallest absolute Gasteiger partial charge is 0.197 e. The van der Waals surface area contributed by atoms with Gasteiger partial charge in [0.1, 0.15) is 11.6 Å². The van der Waals surface area contributed by atoms with Crippen LogP contribution in [0, 0.1) is 11.6 Å². The van der Waals surface area contributed by atoms with Gasteiger partial charge in [0.25, 0.3) is 0 Å². The van der Waals surface area contributed by atoms with Gasteiger partial charge in [-0.2, -0.15) is 0 Å². The zero-order valence-electron chi connectivity index (χ0n) is 14.5. The van der Waals surface area contributed by atoms with E-state index < -0.39 is 5.72 Å². The lowest BCUT2D eigenvalue weighted by atomic mass is 9.92. The van der Waals surface area contributed by atoms with E-state index in [4.69, 9.17) is 4.74 Å². The number of halogens is 2. The molecule has 2 nitrogen and oxygen atoms in total. The lowest BCUT2D eigenvalue weighted by Crippen LogP contribution is -2.44. The molecule has 0 fully saturated rings. The Bertz CT molecular complexity index is 1070. The van der Waals surface area contributed by atoms with Gasteiger partial charge in [0.2, 0.25) is 0 Å². The second kappa shape index (κ2) is 6.03. The Morgan fingerprint density at radius 3 is 2.00 bits per heavy atom. The highest BCUT2D eigenvalue weighted by atomic mass is 19.1. The quantitative estimate of drug-likeness (QED) is 0.476. The van der Waals surface area contributed by atoms with Crippen LogP contribution in [0.1, 0.15) is 16.8 Å². The molecule has 27 heavy (non-hydrogen) atoms. The largest absolute Gasteiger partial charge is 0.346 e. The van der Waals surface area contributed by atoms with Crippen molar-refractivity contribution in [3.05, 3.63) is 107 Å². The molecule has 134 valence electrons. The molecule has 0 aliphatic carbocycles. The van der Waals surface area contributed by atoms with Gasteiger partial charge >= 0.3 is 0 Å². The van der Waals surface area contributed by atoms with E-state index in [2.05, 4.69) is 22.8 Å². The lowest BCUT2D eigenvalue weighted by Gasteiger charge is -2.41. The minimum Gasteiger partial charge on any atom is -0.346 e. The average molecular weight is 361 g/mol. The molecule has 4 heteroatoms. The summed E-state index contributed by atoms with van der Waals surface area (Å²) in [5, 5.41) is 1.12. The van der Waals surface area contributed by atoms with Crippen molar-refractivity contribution in [2.24, 2.45) is 0 Å². The van der Waals surface area contributed by atoms with Crippen molar-refractivity contribution < 1.29 is 13.5 Å². The Morgan fingerprint density at radius 1 is 0.778 bits per heavy atom. The van der Waals surface area contributed by atoms with Gasteiger partial charge in [0.05, 0.1) is 12.1 Å². The van der Waals surface area contributed by atoms with Crippen LogP contribution in [0.25, 0.3) is 10.9 Å². The standard InChI is InChI=1S/C23H17F2NO/c24-19-9-5-17(6-10-19)23(18-7-11-20(25)12-8-18)26-21(13-14-27-23)15-16-3-1-2-4-22(16)26/h1-12,15H,13-14H2. The molecule has 2 heterocycles. The molecule has 1 aromatic heterocycles. The summed E-state index contributed by atoms with van der Waals surface area (Å²) in [5.41, 5.74) is 2.80. The third kappa shape index (κ3) is 2.41. The van der Waals surface area contributed by atoms with Crippen LogP contribution in [0.15, 0.2) is 78.9 Å². The van der Waals surface area contributed by atoms with Gasteiger partial charge in [-0.3, -0.25) is 0 Å². The van der Waals surface area contributed by atoms with Crippen LogP contribution in [0.2, 0.25) is 0 Å². The third-order valence-corrected chi connectivity index (χ3v) is 5.24. The van der Waals surface area contributed by atoms with E-state index in [1.54, 1.807) is 24.3 Å². The molecule has 5 rings (SSSR count). The van der Waals surface area contributed by atoms with Crippen molar-refractivity contribution >= 4 is 10.9 Å². The predicted molar refractivity (Wildman–Crippen MR) is 101 cm³/mol. The molecule has 0 unspecified atom stereocenters. The van der Waals surface area contributed by atoms with Crippen molar-refractivity contribution in [3.8, 4) is 0 Å². The number of benzene rings is 3. The molecule has 0 N–H and O–H groups in total. The fourth-order valence-corrected chi connectivity index (χ4v) is 4.08. The van der Waals surface area contributed by atoms with Crippen LogP contribution >= 0.6 is 0 Å². The van der Waals surface area contributed by atoms with Crippen LogP contribution in [0.4, 0.5) is 8.78 Å². The van der Waals surface area contributed by atoms with Crippen molar-refractivity contribution in [3.63, 3.8) is 0 Å². The number of ether oxygens (including phenoxy) is 1. The van der Waals surface area contributed by atoms with Gasteiger partial charge in [-0.1, -0.05) is 42.5 Å². The molecule has 1 aliphatic heterocycles. The number of fused-ring (bicyclic) bond motifs is 3. The first-order valence-electron chi connectivity index (χ1n) is 8.94. The maximum absolute atomic E-state index is 13.6. The van der Waals surface area contributed by atoms with Gasteiger partial charge in [-0.25, -0.2) is 8.78 Å². The number of hydrogen-bond donors (Lipinski definition) is 0. The second-order valence-electron chi connectivity index (χ2n) is 6.79. The molecule has 4 aromatic rings. The summed E-state index contributed by atoms with van der Waals surface area (Å²) in [6.45, 7) is 0.519. The Morgan fingerprint density at radius 2 is 1.37 bits per heavy atom. The van der Waals surface area contributed by atoms with Crippen LogP contribution in [0.3, 0.4) is 0 Å². The molecule has 0 amide bonds. The van der Waals surface area contributed by atoms with E-state index in [9.17, 15) is 8.78 Å². The summed E-state index contributed by atoms with van der Waals surface area (Å²) in [6.07, 6.45) is 0.777. The third-order valence-electron chi connectivity index (χ3n) is 5.24. The molecule has 0 saturated heterocycles. The average Bonchev–Trinajstić information content (AvgIpc) is 3.08. The fraction of sp³-hybridized carbons (Fsp3) is 0.130. The van der Waals surface area contributed by atoms with E-state index in [1.165, 1.54) is 24.3 Å². The minimum atomic E-state index is -0.974. The summed E-state index contributed by atoms with van der Waals surface area (Å²) >= 11 is 0. The summed E-state index contributed by atoms with van der Waals surface area (Å²) < 4.78 is 35.8. The van der Waals surface area contributed by atoms with Crippen LogP contribution in [-0.2, 0) is 16.9 Å². The number of aromatic nitrogens is 1. The van der Waals surface area contributed by atoms with Crippen LogP contribution in [0.5, 0.6) is 0 Å². The van der Waals surface area contributed by atoms with Crippen LogP contribution in [-0.4, -0.2) is 11.2 Å². The first-order chi connectivity index (χ1) is 13.2. The predicted octanol–water partition coefficient (Wildman–Crippen LogP) is 5.24. The summed E-state index contributed by atoms with van der Waals surface area (Å²) in [7, 11) is 0. The summed E-state index contributed by atoms with van der Waals surface area (Å²) in [6, 6.07) is 23.0. The maximum Gasteiger partial charge on any atom is 0.197 e. The van der Waals surface area contributed by atoms with Gasteiger partial charge in [-0.05, 0) is 41.8 Å². The monoisotopic (exact) mass is 361 g/mol. The summed E-state index contributed by atoms with van der Waals surface area (Å²) in [5.74, 6) is -0.609. The van der Waals surface area contributed by atoms with E-state index in [-0.39, 0.29) is 11.6 Å². The number of nitrogens with zero attached hydrogens (tertiary/aromatic N) is 1. The van der Waals surface area contributed by atoms with E-state index in [0.717, 1.165) is 34.1 Å². The molecule has 0 bridgehead atoms. The van der Waals surface area contributed by atoms with E-state index in [0.29, 0.717) is 6.61 Å². The molecule has 0 radical (unpaired) electrons. The van der Waals surface area contributed by atoms with Gasteiger partial charge in [0, 0.05) is 23.2 Å². The molecule has 1 aliphatic rings. The molecule has 0 spiro atoms. The van der Waals surface area contributed by atoms with Crippen molar-refractivity contribution in [2.75, 3.05) is 6.61 Å². The van der Waals surface area contributed by atoms with Crippen molar-refractivity contribution in [2.45, 2.75) is 12.1 Å². The van der Waals surface area contributed by atoms with Crippen LogP contribution < -0.4 is 0 Å². The normalized spacial score (nSPS) is 15.6. The Labute approximate surface area is 155 Å². The fourth-order valence-electron chi connectivity index (χ4n) is 4.08. The molecule has 0 atom stereocenters. The first kappa shape index (κ1) is 16.2. The van der Waals surface area contributed by atoms with E-state index >= 15 is 0 Å². The number of para-hydroxylation sites is 1. The van der Waals surface area contributed by atoms with Gasteiger partial charge in [-0.15, -0.1) is 0 Å². The highest BCUT2D eigenvalue weighted by Crippen LogP contribution is 2.42. The topological polar surface area (TPSA) is 14.2 Å². The highest BCUT2D eigenvalue weighted by molar-refractivity contribution is 5.82. The van der Waals surface area contributed by atoms with Gasteiger partial charge in [0.15, 0.2) is 5.72 Å². The van der Waals surface area contributed by atoms with Crippen molar-refractivity contribution in [1.29, 1.82) is 0 Å². The molecular weight excluding hydrogens is 344 g/mol. The number of rotatable bonds is 2. The highest BCUT2D eigenvalue weighted by Gasteiger charge is 2.42. The lowest BCUT2D eigenvalue weighted by molar-refractivity contribution is -0.0556. The molecular formula is C23H17F2NO. The second-order valence-corrected chi connectivity index (χ2v) is 6.79. The molecule has 3 aromatic carbocycles. The van der Waals surface area contributed by atoms with E-state index in [1.807, 2.05) is 12.1 Å². The zero-order valence-corrected chi connectivity index (χ0v) is 14.5. The Kier molecular flexibility index (Phi) is 3.62. The SMILES string of the molecule is Fc1ccc(C2(c3ccc(F)cc3)OCCc3cc4ccccc4n32)cc1. The zero-order chi connectivity index (χ0) is 18.4. The summed E-state index contributed by atoms with van der Waals surface area (Å²) in [4.78, 5) is 0. The minimum absolute atomic E-state index is 0.304. The molecule has 0 saturated carbocycles. The van der Waals surface area contributed by atoms with Crippen molar-refractivity contribution in [1.82, 2.24) is 4.57 Å². The first-order valence-corrected chi connectivity index (χ1v) is 8.94. The Balaban J connectivity index is 1.88. The maximum atomic E-state index is 13.6. The Hall–Kier alpha value is -2.98. The number of hydrogen-bond acceptors (Lipinski definition) is 1. The van der Waals surface area contributed by atoms with Gasteiger partial charge < -0.3 is 9.30 Å².